The van der Waals surface area contributed by atoms with Gasteiger partial charge in [-0.1, -0.05) is 52.1 Å². The quantitative estimate of drug-likeness (QED) is 0.315. The summed E-state index contributed by atoms with van der Waals surface area (Å²) in [6.45, 7) is 8.64. The van der Waals surface area contributed by atoms with Crippen molar-refractivity contribution in [1.82, 2.24) is 5.32 Å². The fraction of sp³-hybridized carbons (Fsp3) is 0.875. The van der Waals surface area contributed by atoms with Gasteiger partial charge in [-0.15, -0.1) is 0 Å². The molecule has 0 aromatic heterocycles. The van der Waals surface area contributed by atoms with Gasteiger partial charge in [0.1, 0.15) is 5.54 Å². The Hall–Kier alpha value is -1.26. The molecule has 0 heterocycles. The monoisotopic (exact) mass is 297 g/mol. The average molecular weight is 297 g/mol. The molecule has 1 amide bonds. The number of carbonyl (C=O) groups is 1. The maximum absolute atomic E-state index is 12.3. The number of rotatable bonds is 5. The van der Waals surface area contributed by atoms with Crippen molar-refractivity contribution in [3.63, 3.8) is 0 Å². The van der Waals surface area contributed by atoms with E-state index in [2.05, 4.69) is 38.2 Å². The molecule has 1 saturated carbocycles. The molecular formula is C16H31N3O2. The molecule has 1 aliphatic rings. The molecule has 5 heteroatoms. The Morgan fingerprint density at radius 2 is 1.90 bits per heavy atom. The molecule has 0 radical (unpaired) electrons. The molecule has 1 rings (SSSR count). The molecule has 1 unspecified atom stereocenters. The number of nitrogens with two attached hydrogens (primary N) is 1. The number of amides is 1. The fourth-order valence-corrected chi connectivity index (χ4v) is 3.45. The van der Waals surface area contributed by atoms with Gasteiger partial charge >= 0.3 is 0 Å². The maximum Gasteiger partial charge on any atom is 0.221 e. The lowest BCUT2D eigenvalue weighted by molar-refractivity contribution is -0.123. The number of oxime groups is 1. The van der Waals surface area contributed by atoms with E-state index in [-0.39, 0.29) is 17.2 Å². The summed E-state index contributed by atoms with van der Waals surface area (Å²) in [4.78, 5) is 12.3. The van der Waals surface area contributed by atoms with Crippen LogP contribution in [-0.2, 0) is 4.79 Å². The van der Waals surface area contributed by atoms with Gasteiger partial charge in [0, 0.05) is 6.42 Å². The molecule has 1 fully saturated rings. The first-order chi connectivity index (χ1) is 9.68. The van der Waals surface area contributed by atoms with Crippen LogP contribution in [0.15, 0.2) is 5.16 Å². The summed E-state index contributed by atoms with van der Waals surface area (Å²) in [5.74, 6) is 0.456. The van der Waals surface area contributed by atoms with Crippen molar-refractivity contribution in [2.75, 3.05) is 0 Å². The third-order valence-corrected chi connectivity index (χ3v) is 4.18. The SMILES string of the molecule is CC(CC(=O)NC1(/C(N)=N/O)CCCCC1)CC(C)(C)C. The van der Waals surface area contributed by atoms with Crippen LogP contribution in [0.2, 0.25) is 0 Å². The predicted molar refractivity (Wildman–Crippen MR) is 85.2 cm³/mol. The van der Waals surface area contributed by atoms with Gasteiger partial charge in [-0.25, -0.2) is 0 Å². The number of hydrogen-bond donors (Lipinski definition) is 3. The highest BCUT2D eigenvalue weighted by Crippen LogP contribution is 2.30. The Bertz CT molecular complexity index is 379. The lowest BCUT2D eigenvalue weighted by Gasteiger charge is -2.37. The van der Waals surface area contributed by atoms with Crippen molar-refractivity contribution in [2.45, 2.75) is 78.2 Å². The molecule has 0 saturated heterocycles. The lowest BCUT2D eigenvalue weighted by atomic mass is 9.80. The minimum Gasteiger partial charge on any atom is -0.409 e. The number of carbonyl (C=O) groups excluding carboxylic acids is 1. The van der Waals surface area contributed by atoms with Crippen LogP contribution in [0.5, 0.6) is 0 Å². The highest BCUT2D eigenvalue weighted by Gasteiger charge is 2.38. The van der Waals surface area contributed by atoms with Crippen LogP contribution in [-0.4, -0.2) is 22.5 Å². The van der Waals surface area contributed by atoms with Gasteiger partial charge in [0.15, 0.2) is 5.84 Å². The summed E-state index contributed by atoms with van der Waals surface area (Å²) in [6.07, 6.45) is 6.11. The summed E-state index contributed by atoms with van der Waals surface area (Å²) in [6, 6.07) is 0. The molecule has 122 valence electrons. The molecule has 1 aliphatic carbocycles. The van der Waals surface area contributed by atoms with Crippen LogP contribution >= 0.6 is 0 Å². The zero-order valence-electron chi connectivity index (χ0n) is 13.9. The smallest absolute Gasteiger partial charge is 0.221 e. The topological polar surface area (TPSA) is 87.7 Å². The molecule has 0 spiro atoms. The van der Waals surface area contributed by atoms with Gasteiger partial charge in [-0.05, 0) is 30.6 Å². The van der Waals surface area contributed by atoms with E-state index in [0.29, 0.717) is 12.3 Å². The highest BCUT2D eigenvalue weighted by atomic mass is 16.4. The molecule has 1 atom stereocenters. The second kappa shape index (κ2) is 7.14. The largest absolute Gasteiger partial charge is 0.409 e. The third-order valence-electron chi connectivity index (χ3n) is 4.18. The molecular weight excluding hydrogens is 266 g/mol. The molecule has 0 aliphatic heterocycles. The fourth-order valence-electron chi connectivity index (χ4n) is 3.45. The Kier molecular flexibility index (Phi) is 6.05. The zero-order chi connectivity index (χ0) is 16.1. The van der Waals surface area contributed by atoms with Crippen molar-refractivity contribution in [1.29, 1.82) is 0 Å². The van der Waals surface area contributed by atoms with Crippen molar-refractivity contribution in [3.8, 4) is 0 Å². The van der Waals surface area contributed by atoms with Crippen LogP contribution in [0.25, 0.3) is 0 Å². The van der Waals surface area contributed by atoms with E-state index >= 15 is 0 Å². The van der Waals surface area contributed by atoms with E-state index < -0.39 is 5.54 Å². The van der Waals surface area contributed by atoms with Crippen LogP contribution in [0.3, 0.4) is 0 Å². The Morgan fingerprint density at radius 3 is 2.38 bits per heavy atom. The Morgan fingerprint density at radius 1 is 1.33 bits per heavy atom. The van der Waals surface area contributed by atoms with Gasteiger partial charge in [-0.3, -0.25) is 4.79 Å². The normalized spacial score (nSPS) is 20.9. The number of hydrogen-bond acceptors (Lipinski definition) is 3. The van der Waals surface area contributed by atoms with E-state index in [1.165, 1.54) is 0 Å². The summed E-state index contributed by atoms with van der Waals surface area (Å²) in [5, 5.41) is 15.2. The van der Waals surface area contributed by atoms with Gasteiger partial charge < -0.3 is 16.3 Å². The van der Waals surface area contributed by atoms with Crippen LogP contribution in [0.4, 0.5) is 0 Å². The minimum atomic E-state index is -0.647. The van der Waals surface area contributed by atoms with Gasteiger partial charge in [0.2, 0.25) is 5.91 Å². The molecule has 0 aromatic carbocycles. The molecule has 4 N–H and O–H groups in total. The molecule has 0 bridgehead atoms. The number of nitrogens with one attached hydrogen (secondary N) is 1. The summed E-state index contributed by atoms with van der Waals surface area (Å²) in [7, 11) is 0. The third kappa shape index (κ3) is 5.56. The standard InChI is InChI=1S/C16H31N3O2/c1-12(11-15(2,3)4)10-13(20)18-16(14(17)19-21)8-6-5-7-9-16/h12,21H,5-11H2,1-4H3,(H2,17,19)(H,18,20). The van der Waals surface area contributed by atoms with Crippen molar-refractivity contribution in [2.24, 2.45) is 22.2 Å². The van der Waals surface area contributed by atoms with Crippen molar-refractivity contribution >= 4 is 11.7 Å². The van der Waals surface area contributed by atoms with Crippen LogP contribution in [0.1, 0.15) is 72.6 Å². The minimum absolute atomic E-state index is 0.000231. The summed E-state index contributed by atoms with van der Waals surface area (Å²) >= 11 is 0. The number of nitrogens with zero attached hydrogens (tertiary/aromatic N) is 1. The summed E-state index contributed by atoms with van der Waals surface area (Å²) < 4.78 is 0. The highest BCUT2D eigenvalue weighted by molar-refractivity contribution is 5.94. The van der Waals surface area contributed by atoms with E-state index in [1.54, 1.807) is 0 Å². The number of amidine groups is 1. The first-order valence-electron chi connectivity index (χ1n) is 7.97. The maximum atomic E-state index is 12.3. The lowest BCUT2D eigenvalue weighted by Crippen LogP contribution is -2.58. The molecule has 21 heavy (non-hydrogen) atoms. The van der Waals surface area contributed by atoms with Gasteiger partial charge in [-0.2, -0.15) is 0 Å². The van der Waals surface area contributed by atoms with E-state index in [9.17, 15) is 4.79 Å². The molecule has 0 aromatic rings. The zero-order valence-corrected chi connectivity index (χ0v) is 13.9. The van der Waals surface area contributed by atoms with Crippen LogP contribution < -0.4 is 11.1 Å². The van der Waals surface area contributed by atoms with Gasteiger partial charge in [0.25, 0.3) is 0 Å². The van der Waals surface area contributed by atoms with E-state index in [1.807, 2.05) is 0 Å². The first kappa shape index (κ1) is 17.8. The van der Waals surface area contributed by atoms with Crippen LogP contribution in [0, 0.1) is 11.3 Å². The van der Waals surface area contributed by atoms with Crippen molar-refractivity contribution in [3.05, 3.63) is 0 Å². The second-order valence-electron chi connectivity index (χ2n) is 7.75. The predicted octanol–water partition coefficient (Wildman–Crippen LogP) is 3.01. The Labute approximate surface area is 128 Å². The van der Waals surface area contributed by atoms with Crippen molar-refractivity contribution < 1.29 is 10.0 Å². The molecule has 5 nitrogen and oxygen atoms in total. The summed E-state index contributed by atoms with van der Waals surface area (Å²) in [5.41, 5.74) is 5.42. The average Bonchev–Trinajstić information content (AvgIpc) is 2.36. The van der Waals surface area contributed by atoms with E-state index in [4.69, 9.17) is 10.9 Å². The van der Waals surface area contributed by atoms with E-state index in [0.717, 1.165) is 38.5 Å². The Balaban J connectivity index is 2.65. The first-order valence-corrected chi connectivity index (χ1v) is 7.97. The second-order valence-corrected chi connectivity index (χ2v) is 7.75. The van der Waals surface area contributed by atoms with Gasteiger partial charge in [0.05, 0.1) is 0 Å².